The summed E-state index contributed by atoms with van der Waals surface area (Å²) < 4.78 is 51.5. The molecule has 0 amide bonds. The molecule has 3 aromatic rings. The minimum absolute atomic E-state index is 0.213. The Balaban J connectivity index is 1.94. The van der Waals surface area contributed by atoms with Crippen molar-refractivity contribution >= 4 is 21.8 Å². The van der Waals surface area contributed by atoms with Crippen LogP contribution >= 0.6 is 0 Å². The molecule has 0 N–H and O–H groups in total. The third-order valence-corrected chi connectivity index (χ3v) is 4.87. The average molecular weight is 349 g/mol. The number of fused-ring (bicyclic) bond motifs is 3. The van der Waals surface area contributed by atoms with Crippen molar-refractivity contribution in [1.82, 2.24) is 19.2 Å². The molecule has 0 saturated carbocycles. The predicted molar refractivity (Wildman–Crippen MR) is 93.3 cm³/mol. The van der Waals surface area contributed by atoms with Gasteiger partial charge in [0.05, 0.1) is 18.8 Å². The number of likely N-dealkylation sites (tertiary alicyclic amines) is 1. The number of pyridine rings is 1. The Bertz CT molecular complexity index is 1110. The molecule has 25 heavy (non-hydrogen) atoms. The predicted octanol–water partition coefficient (Wildman–Crippen LogP) is 2.71. The molecule has 2 aromatic heterocycles. The van der Waals surface area contributed by atoms with Crippen molar-refractivity contribution in [3.8, 4) is 0 Å². The summed E-state index contributed by atoms with van der Waals surface area (Å²) in [6, 6.07) is 5.06. The average Bonchev–Trinajstić information content (AvgIpc) is 3.20. The molecule has 1 atom stereocenters. The lowest BCUT2D eigenvalue weighted by molar-refractivity contribution is 0.0979. The van der Waals surface area contributed by atoms with Gasteiger partial charge in [0.1, 0.15) is 5.65 Å². The maximum absolute atomic E-state index is 13.1. The van der Waals surface area contributed by atoms with Gasteiger partial charge in [-0.3, -0.25) is 14.3 Å². The van der Waals surface area contributed by atoms with E-state index in [9.17, 15) is 13.6 Å². The molecule has 1 unspecified atom stereocenters. The Labute approximate surface area is 147 Å². The molecule has 1 aromatic carbocycles. The summed E-state index contributed by atoms with van der Waals surface area (Å²) in [6.45, 7) is -0.373. The Kier molecular flexibility index (Phi) is 3.07. The van der Waals surface area contributed by atoms with Crippen LogP contribution in [-0.2, 0) is 6.98 Å². The number of hydrogen-bond acceptors (Lipinski definition) is 3. The highest BCUT2D eigenvalue weighted by molar-refractivity contribution is 6.04. The molecule has 5 nitrogen and oxygen atoms in total. The largest absolute Gasteiger partial charge is 0.296 e. The third-order valence-electron chi connectivity index (χ3n) is 4.87. The number of rotatable bonds is 3. The van der Waals surface area contributed by atoms with Crippen molar-refractivity contribution in [1.29, 1.82) is 0 Å². The zero-order chi connectivity index (χ0) is 20.2. The summed E-state index contributed by atoms with van der Waals surface area (Å²) in [7, 11) is 0. The maximum atomic E-state index is 13.1. The van der Waals surface area contributed by atoms with Crippen LogP contribution in [0.3, 0.4) is 0 Å². The van der Waals surface area contributed by atoms with E-state index in [-0.39, 0.29) is 18.2 Å². The van der Waals surface area contributed by atoms with Crippen LogP contribution in [0.2, 0.25) is 0 Å². The van der Waals surface area contributed by atoms with Gasteiger partial charge in [-0.15, -0.1) is 0 Å². The van der Waals surface area contributed by atoms with Crippen molar-refractivity contribution in [2.75, 3.05) is 19.6 Å². The van der Waals surface area contributed by atoms with Crippen LogP contribution in [0.15, 0.2) is 29.2 Å². The summed E-state index contributed by atoms with van der Waals surface area (Å²) in [5.74, 6) is 0. The van der Waals surface area contributed by atoms with Crippen molar-refractivity contribution in [2.45, 2.75) is 25.8 Å². The first-order chi connectivity index (χ1) is 13.2. The lowest BCUT2D eigenvalue weighted by Gasteiger charge is -2.17. The van der Waals surface area contributed by atoms with Gasteiger partial charge in [-0.1, -0.05) is 17.7 Å². The van der Waals surface area contributed by atoms with E-state index in [1.165, 1.54) is 4.68 Å². The smallest absolute Gasteiger partial charge is 0.259 e. The van der Waals surface area contributed by atoms with Crippen LogP contribution in [0.1, 0.15) is 22.1 Å². The van der Waals surface area contributed by atoms with Gasteiger partial charge in [0.25, 0.3) is 12.0 Å². The standard InChI is InChI=1S/C18H20F2N4O/c1-11-3-4-13-14(7-11)18(25)22(2)17-15(13)8-21-24(17)12-5-6-23(9-12)10-16(19)20/h3-4,7-8,12,16H,5-6,9-10H2,1-2H3/i2D3. The number of aromatic nitrogens is 3. The van der Waals surface area contributed by atoms with Crippen molar-refractivity contribution in [3.63, 3.8) is 0 Å². The second-order valence-corrected chi connectivity index (χ2v) is 6.61. The molecule has 0 spiro atoms. The van der Waals surface area contributed by atoms with Crippen LogP contribution in [0, 0.1) is 6.92 Å². The Morgan fingerprint density at radius 1 is 1.36 bits per heavy atom. The summed E-state index contributed by atoms with van der Waals surface area (Å²) in [5, 5.41) is 5.91. The summed E-state index contributed by atoms with van der Waals surface area (Å²) in [5.41, 5.74) is 0.465. The number of hydrogen-bond donors (Lipinski definition) is 0. The molecule has 7 heteroatoms. The van der Waals surface area contributed by atoms with Crippen molar-refractivity contribution in [2.24, 2.45) is 6.98 Å². The molecule has 0 aliphatic carbocycles. The zero-order valence-corrected chi connectivity index (χ0v) is 13.7. The second-order valence-electron chi connectivity index (χ2n) is 6.61. The first-order valence-electron chi connectivity index (χ1n) is 9.70. The van der Waals surface area contributed by atoms with Gasteiger partial charge in [0.15, 0.2) is 0 Å². The van der Waals surface area contributed by atoms with Crippen LogP contribution in [0.5, 0.6) is 0 Å². The summed E-state index contributed by atoms with van der Waals surface area (Å²) in [6.07, 6.45) is -0.310. The molecule has 1 fully saturated rings. The van der Waals surface area contributed by atoms with Gasteiger partial charge >= 0.3 is 0 Å². The van der Waals surface area contributed by atoms with Gasteiger partial charge in [-0.25, -0.2) is 13.5 Å². The van der Waals surface area contributed by atoms with Crippen molar-refractivity contribution < 1.29 is 12.9 Å². The molecule has 0 radical (unpaired) electrons. The van der Waals surface area contributed by atoms with Crippen LogP contribution in [-0.4, -0.2) is 45.3 Å². The minimum Gasteiger partial charge on any atom is -0.296 e. The summed E-state index contributed by atoms with van der Waals surface area (Å²) in [4.78, 5) is 14.7. The molecule has 1 saturated heterocycles. The summed E-state index contributed by atoms with van der Waals surface area (Å²) >= 11 is 0. The lowest BCUT2D eigenvalue weighted by Crippen LogP contribution is -2.28. The minimum atomic E-state index is -2.69. The van der Waals surface area contributed by atoms with Gasteiger partial charge in [-0.2, -0.15) is 5.10 Å². The van der Waals surface area contributed by atoms with E-state index in [1.807, 2.05) is 13.0 Å². The molecule has 1 aliphatic rings. The quantitative estimate of drug-likeness (QED) is 0.730. The number of benzene rings is 1. The lowest BCUT2D eigenvalue weighted by atomic mass is 10.1. The second kappa shape index (κ2) is 5.91. The maximum Gasteiger partial charge on any atom is 0.259 e. The van der Waals surface area contributed by atoms with E-state index < -0.39 is 19.0 Å². The molecule has 3 heterocycles. The Morgan fingerprint density at radius 3 is 2.96 bits per heavy atom. The first kappa shape index (κ1) is 13.0. The third kappa shape index (κ3) is 2.63. The fourth-order valence-corrected chi connectivity index (χ4v) is 3.70. The van der Waals surface area contributed by atoms with Crippen LogP contribution in [0.25, 0.3) is 21.8 Å². The molecule has 0 bridgehead atoms. The molecule has 132 valence electrons. The monoisotopic (exact) mass is 349 g/mol. The van der Waals surface area contributed by atoms with E-state index in [0.29, 0.717) is 35.7 Å². The fourth-order valence-electron chi connectivity index (χ4n) is 3.70. The highest BCUT2D eigenvalue weighted by Crippen LogP contribution is 2.28. The van der Waals surface area contributed by atoms with Gasteiger partial charge in [0.2, 0.25) is 0 Å². The number of alkyl halides is 2. The molecular weight excluding hydrogens is 326 g/mol. The highest BCUT2D eigenvalue weighted by Gasteiger charge is 2.28. The van der Waals surface area contributed by atoms with Gasteiger partial charge < -0.3 is 0 Å². The molecular formula is C18H20F2N4O. The molecule has 1 aliphatic heterocycles. The Hall–Kier alpha value is -2.28. The van der Waals surface area contributed by atoms with Crippen LogP contribution < -0.4 is 5.56 Å². The fraction of sp³-hybridized carbons (Fsp3) is 0.444. The number of aryl methyl sites for hydroxylation is 2. The van der Waals surface area contributed by atoms with E-state index in [0.717, 1.165) is 10.1 Å². The van der Waals surface area contributed by atoms with E-state index in [2.05, 4.69) is 5.10 Å². The zero-order valence-electron chi connectivity index (χ0n) is 16.7. The first-order valence-corrected chi connectivity index (χ1v) is 8.20. The number of halogens is 2. The Morgan fingerprint density at radius 2 is 2.20 bits per heavy atom. The normalized spacial score (nSPS) is 21.1. The molecule has 4 rings (SSSR count). The van der Waals surface area contributed by atoms with Gasteiger partial charge in [-0.05, 0) is 24.8 Å². The van der Waals surface area contributed by atoms with E-state index in [4.69, 9.17) is 4.11 Å². The van der Waals surface area contributed by atoms with E-state index in [1.54, 1.807) is 23.2 Å². The van der Waals surface area contributed by atoms with E-state index >= 15 is 0 Å². The highest BCUT2D eigenvalue weighted by atomic mass is 19.3. The van der Waals surface area contributed by atoms with Crippen molar-refractivity contribution in [3.05, 3.63) is 40.3 Å². The SMILES string of the molecule is [2H]C([2H])([2H])n1c(=O)c2cc(C)ccc2c2cnn(C3CCN(CC(F)F)C3)c21. The van der Waals surface area contributed by atoms with Gasteiger partial charge in [0, 0.05) is 35.0 Å². The van der Waals surface area contributed by atoms with Crippen LogP contribution in [0.4, 0.5) is 8.78 Å². The topological polar surface area (TPSA) is 43.1 Å². The number of nitrogens with zero attached hydrogens (tertiary/aromatic N) is 4.